The van der Waals surface area contributed by atoms with Crippen molar-refractivity contribution in [3.63, 3.8) is 0 Å². The van der Waals surface area contributed by atoms with Crippen LogP contribution in [0.4, 0.5) is 0 Å². The van der Waals surface area contributed by atoms with Crippen LogP contribution >= 0.6 is 0 Å². The number of carboxylic acids is 1. The Bertz CT molecular complexity index is 377. The van der Waals surface area contributed by atoms with E-state index in [9.17, 15) is 4.79 Å². The quantitative estimate of drug-likeness (QED) is 0.851. The van der Waals surface area contributed by atoms with Gasteiger partial charge in [-0.1, -0.05) is 19.8 Å². The molecule has 16 heavy (non-hydrogen) atoms. The minimum atomic E-state index is -0.795. The van der Waals surface area contributed by atoms with Crippen LogP contribution < -0.4 is 0 Å². The summed E-state index contributed by atoms with van der Waals surface area (Å²) >= 11 is 0. The monoisotopic (exact) mass is 223 g/mol. The molecule has 1 saturated carbocycles. The molecule has 0 bridgehead atoms. The molecule has 1 aromatic heterocycles. The van der Waals surface area contributed by atoms with E-state index in [0.717, 1.165) is 24.4 Å². The van der Waals surface area contributed by atoms with Crippen molar-refractivity contribution in [1.29, 1.82) is 0 Å². The normalized spacial score (nSPS) is 18.8. The fraction of sp³-hybridized carbons (Fsp3) is 0.667. The fourth-order valence-corrected chi connectivity index (χ4v) is 2.30. The van der Waals surface area contributed by atoms with Gasteiger partial charge >= 0.3 is 5.97 Å². The first kappa shape index (κ1) is 11.2. The average molecular weight is 223 g/mol. The number of oxazole rings is 1. The van der Waals surface area contributed by atoms with Crippen LogP contribution in [0.25, 0.3) is 0 Å². The van der Waals surface area contributed by atoms with Crippen molar-refractivity contribution in [2.45, 2.75) is 50.9 Å². The Morgan fingerprint density at radius 2 is 2.25 bits per heavy atom. The highest BCUT2D eigenvalue weighted by Gasteiger charge is 2.35. The summed E-state index contributed by atoms with van der Waals surface area (Å²) in [7, 11) is 0. The molecule has 0 aromatic carbocycles. The highest BCUT2D eigenvalue weighted by molar-refractivity contribution is 5.66. The van der Waals surface area contributed by atoms with Crippen molar-refractivity contribution in [2.75, 3.05) is 0 Å². The molecule has 0 saturated heterocycles. The second kappa shape index (κ2) is 4.28. The highest BCUT2D eigenvalue weighted by atomic mass is 16.4. The Hall–Kier alpha value is -1.32. The molecule has 1 aliphatic rings. The van der Waals surface area contributed by atoms with Gasteiger partial charge in [0.2, 0.25) is 0 Å². The lowest BCUT2D eigenvalue weighted by atomic mass is 9.89. The number of rotatable bonds is 4. The number of carboxylic acid groups (broad SMARTS) is 1. The van der Waals surface area contributed by atoms with E-state index in [-0.39, 0.29) is 11.8 Å². The van der Waals surface area contributed by atoms with Crippen LogP contribution in [0.5, 0.6) is 0 Å². The molecule has 0 atom stereocenters. The molecule has 2 rings (SSSR count). The van der Waals surface area contributed by atoms with Crippen LogP contribution in [0.2, 0.25) is 0 Å². The maximum atomic E-state index is 10.4. The zero-order valence-electron chi connectivity index (χ0n) is 9.53. The van der Waals surface area contributed by atoms with Crippen LogP contribution in [-0.2, 0) is 16.6 Å². The molecule has 0 spiro atoms. The lowest BCUT2D eigenvalue weighted by Crippen LogP contribution is -2.17. The van der Waals surface area contributed by atoms with Crippen LogP contribution in [0.1, 0.15) is 50.6 Å². The van der Waals surface area contributed by atoms with E-state index in [1.807, 2.05) is 0 Å². The molecule has 0 unspecified atom stereocenters. The van der Waals surface area contributed by atoms with Gasteiger partial charge in [0.25, 0.3) is 0 Å². The van der Waals surface area contributed by atoms with Gasteiger partial charge in [0, 0.05) is 11.8 Å². The van der Waals surface area contributed by atoms with Crippen molar-refractivity contribution >= 4 is 5.97 Å². The molecule has 88 valence electrons. The Morgan fingerprint density at radius 1 is 1.56 bits per heavy atom. The maximum Gasteiger partial charge on any atom is 0.303 e. The van der Waals surface area contributed by atoms with E-state index in [1.165, 1.54) is 12.8 Å². The molecule has 4 heteroatoms. The summed E-state index contributed by atoms with van der Waals surface area (Å²) in [6.45, 7) is 2.17. The largest absolute Gasteiger partial charge is 0.481 e. The van der Waals surface area contributed by atoms with Gasteiger partial charge in [-0.05, 0) is 12.8 Å². The molecular weight excluding hydrogens is 206 g/mol. The summed E-state index contributed by atoms with van der Waals surface area (Å²) in [6.07, 6.45) is 6.85. The number of carbonyl (C=O) groups is 1. The zero-order valence-corrected chi connectivity index (χ0v) is 9.53. The minimum absolute atomic E-state index is 0.0709. The number of aliphatic carboxylic acids is 1. The van der Waals surface area contributed by atoms with E-state index < -0.39 is 5.97 Å². The first-order valence-electron chi connectivity index (χ1n) is 5.77. The molecule has 1 fully saturated rings. The third-order valence-electron chi connectivity index (χ3n) is 3.37. The summed E-state index contributed by atoms with van der Waals surface area (Å²) < 4.78 is 5.48. The van der Waals surface area contributed by atoms with Crippen molar-refractivity contribution in [3.8, 4) is 0 Å². The lowest BCUT2D eigenvalue weighted by molar-refractivity contribution is -0.136. The summed E-state index contributed by atoms with van der Waals surface area (Å²) in [6, 6.07) is 0. The van der Waals surface area contributed by atoms with E-state index in [0.29, 0.717) is 6.42 Å². The van der Waals surface area contributed by atoms with Gasteiger partial charge < -0.3 is 9.52 Å². The standard InChI is InChI=1S/C12H17NO3/c1-12(6-2-3-7-12)11-13-9(8-16-11)4-5-10(14)15/h8H,2-7H2,1H3,(H,14,15). The van der Waals surface area contributed by atoms with Gasteiger partial charge in [-0.3, -0.25) is 4.79 Å². The smallest absolute Gasteiger partial charge is 0.303 e. The molecular formula is C12H17NO3. The van der Waals surface area contributed by atoms with Gasteiger partial charge in [0.05, 0.1) is 12.1 Å². The van der Waals surface area contributed by atoms with Crippen LogP contribution in [0.15, 0.2) is 10.7 Å². The Balaban J connectivity index is 2.04. The number of hydrogen-bond acceptors (Lipinski definition) is 3. The lowest BCUT2D eigenvalue weighted by Gasteiger charge is -2.18. The summed E-state index contributed by atoms with van der Waals surface area (Å²) in [5.74, 6) is -0.0120. The predicted molar refractivity (Wildman–Crippen MR) is 58.3 cm³/mol. The van der Waals surface area contributed by atoms with E-state index in [1.54, 1.807) is 6.26 Å². The molecule has 1 N–H and O–H groups in total. The number of aryl methyl sites for hydroxylation is 1. The van der Waals surface area contributed by atoms with Gasteiger partial charge in [-0.25, -0.2) is 4.98 Å². The predicted octanol–water partition coefficient (Wildman–Crippen LogP) is 2.52. The molecule has 0 amide bonds. The summed E-state index contributed by atoms with van der Waals surface area (Å²) in [4.78, 5) is 14.8. The van der Waals surface area contributed by atoms with Crippen molar-refractivity contribution in [2.24, 2.45) is 0 Å². The Labute approximate surface area is 94.7 Å². The van der Waals surface area contributed by atoms with E-state index >= 15 is 0 Å². The molecule has 1 aromatic rings. The van der Waals surface area contributed by atoms with Crippen LogP contribution in [0.3, 0.4) is 0 Å². The van der Waals surface area contributed by atoms with E-state index in [4.69, 9.17) is 9.52 Å². The van der Waals surface area contributed by atoms with E-state index in [2.05, 4.69) is 11.9 Å². The fourth-order valence-electron chi connectivity index (χ4n) is 2.30. The third-order valence-corrected chi connectivity index (χ3v) is 3.37. The van der Waals surface area contributed by atoms with Crippen LogP contribution in [-0.4, -0.2) is 16.1 Å². The van der Waals surface area contributed by atoms with Gasteiger partial charge in [0.1, 0.15) is 6.26 Å². The summed E-state index contributed by atoms with van der Waals surface area (Å²) in [5.41, 5.74) is 0.826. The van der Waals surface area contributed by atoms with Crippen molar-refractivity contribution in [3.05, 3.63) is 17.8 Å². The van der Waals surface area contributed by atoms with Gasteiger partial charge in [-0.2, -0.15) is 0 Å². The van der Waals surface area contributed by atoms with Crippen molar-refractivity contribution in [1.82, 2.24) is 4.98 Å². The third kappa shape index (κ3) is 2.26. The summed E-state index contributed by atoms with van der Waals surface area (Å²) in [5, 5.41) is 8.59. The maximum absolute atomic E-state index is 10.4. The Kier molecular flexibility index (Phi) is 2.99. The first-order valence-corrected chi connectivity index (χ1v) is 5.77. The van der Waals surface area contributed by atoms with Crippen molar-refractivity contribution < 1.29 is 14.3 Å². The van der Waals surface area contributed by atoms with Crippen LogP contribution in [0, 0.1) is 0 Å². The topological polar surface area (TPSA) is 63.3 Å². The zero-order chi connectivity index (χ0) is 11.6. The average Bonchev–Trinajstić information content (AvgIpc) is 2.84. The second-order valence-corrected chi connectivity index (χ2v) is 4.81. The SMILES string of the molecule is CC1(c2nc(CCC(=O)O)co2)CCCC1. The molecule has 0 aliphatic heterocycles. The second-order valence-electron chi connectivity index (χ2n) is 4.81. The highest BCUT2D eigenvalue weighted by Crippen LogP contribution is 2.39. The first-order chi connectivity index (χ1) is 7.60. The molecule has 1 aliphatic carbocycles. The van der Waals surface area contributed by atoms with Gasteiger partial charge in [0.15, 0.2) is 5.89 Å². The Morgan fingerprint density at radius 3 is 2.88 bits per heavy atom. The molecule has 4 nitrogen and oxygen atoms in total. The molecule has 1 heterocycles. The molecule has 0 radical (unpaired) electrons. The minimum Gasteiger partial charge on any atom is -0.481 e. The number of hydrogen-bond donors (Lipinski definition) is 1. The number of aromatic nitrogens is 1. The number of nitrogens with zero attached hydrogens (tertiary/aromatic N) is 1. The van der Waals surface area contributed by atoms with Gasteiger partial charge in [-0.15, -0.1) is 0 Å².